The molecule has 0 saturated carbocycles. The molecule has 1 N–H and O–H groups in total. The van der Waals surface area contributed by atoms with E-state index < -0.39 is 17.8 Å². The molecular weight excluding hydrogens is 546 g/mol. The molecule has 4 rings (SSSR count). The first-order chi connectivity index (χ1) is 18.7. The van der Waals surface area contributed by atoms with Crippen molar-refractivity contribution in [2.24, 2.45) is 0 Å². The zero-order valence-electron chi connectivity index (χ0n) is 21.9. The highest BCUT2D eigenvalue weighted by atomic mass is 35.5. The van der Waals surface area contributed by atoms with E-state index in [9.17, 15) is 18.8 Å². The molecule has 0 spiro atoms. The van der Waals surface area contributed by atoms with Gasteiger partial charge in [0.1, 0.15) is 5.82 Å². The molecule has 1 fully saturated rings. The Morgan fingerprint density at radius 2 is 1.85 bits per heavy atom. The summed E-state index contributed by atoms with van der Waals surface area (Å²) in [5.41, 5.74) is 1.78. The van der Waals surface area contributed by atoms with Crippen molar-refractivity contribution in [3.05, 3.63) is 80.7 Å². The second-order valence-electron chi connectivity index (χ2n) is 9.31. The standard InChI is InChI=1S/C28H31Cl2FN4O4/c1-3-35-23(17-33-11-6-12-34(14-13-33)26(36)19-7-5-8-20(31)15-19)24(27(37)39-4-2)25(32-28(35)38)18-9-10-21(29)22(30)16-18/h5,7-10,15-16,25H,3-4,6,11-14,17H2,1-2H3,(H,32,38). The number of likely N-dealkylation sites (N-methyl/N-ethyl adjacent to an activating group) is 1. The third-order valence-electron chi connectivity index (χ3n) is 6.85. The van der Waals surface area contributed by atoms with E-state index in [0.29, 0.717) is 78.1 Å². The minimum absolute atomic E-state index is 0.171. The number of hydrogen-bond acceptors (Lipinski definition) is 5. The van der Waals surface area contributed by atoms with Crippen LogP contribution in [0.5, 0.6) is 0 Å². The molecule has 0 bridgehead atoms. The molecule has 1 atom stereocenters. The number of amides is 3. The number of rotatable bonds is 7. The highest BCUT2D eigenvalue weighted by Gasteiger charge is 2.38. The number of halogens is 3. The van der Waals surface area contributed by atoms with Crippen molar-refractivity contribution in [1.82, 2.24) is 20.0 Å². The predicted octanol–water partition coefficient (Wildman–Crippen LogP) is 4.88. The summed E-state index contributed by atoms with van der Waals surface area (Å²) in [6.07, 6.45) is 0.678. The SMILES string of the molecule is CCOC(=O)C1=C(CN2CCCN(C(=O)c3cccc(F)c3)CC2)N(CC)C(=O)NC1c1ccc(Cl)c(Cl)c1. The highest BCUT2D eigenvalue weighted by Crippen LogP contribution is 2.35. The lowest BCUT2D eigenvalue weighted by molar-refractivity contribution is -0.139. The fourth-order valence-corrected chi connectivity index (χ4v) is 5.25. The van der Waals surface area contributed by atoms with Crippen molar-refractivity contribution in [1.29, 1.82) is 0 Å². The Labute approximate surface area is 237 Å². The zero-order valence-corrected chi connectivity index (χ0v) is 23.4. The molecule has 1 saturated heterocycles. The number of ether oxygens (including phenoxy) is 1. The Morgan fingerprint density at radius 3 is 2.54 bits per heavy atom. The number of hydrogen-bond donors (Lipinski definition) is 1. The average molecular weight is 577 g/mol. The van der Waals surface area contributed by atoms with Crippen molar-refractivity contribution < 1.29 is 23.5 Å². The molecule has 1 unspecified atom stereocenters. The van der Waals surface area contributed by atoms with Crippen LogP contribution in [0, 0.1) is 5.82 Å². The number of carbonyl (C=O) groups is 3. The summed E-state index contributed by atoms with van der Waals surface area (Å²) in [4.78, 5) is 44.9. The van der Waals surface area contributed by atoms with Crippen LogP contribution in [0.15, 0.2) is 53.7 Å². The molecule has 2 aromatic rings. The molecule has 39 heavy (non-hydrogen) atoms. The smallest absolute Gasteiger partial charge is 0.338 e. The van der Waals surface area contributed by atoms with Crippen LogP contribution >= 0.6 is 23.2 Å². The van der Waals surface area contributed by atoms with Crippen LogP contribution < -0.4 is 5.32 Å². The summed E-state index contributed by atoms with van der Waals surface area (Å²) in [5, 5.41) is 3.59. The molecule has 2 aliphatic heterocycles. The minimum atomic E-state index is -0.776. The van der Waals surface area contributed by atoms with Gasteiger partial charge in [-0.25, -0.2) is 14.0 Å². The van der Waals surface area contributed by atoms with Gasteiger partial charge in [-0.2, -0.15) is 0 Å². The fraction of sp³-hybridized carbons (Fsp3) is 0.393. The molecule has 2 aromatic carbocycles. The largest absolute Gasteiger partial charge is 0.463 e. The first-order valence-electron chi connectivity index (χ1n) is 12.9. The zero-order chi connectivity index (χ0) is 28.1. The molecule has 8 nitrogen and oxygen atoms in total. The van der Waals surface area contributed by atoms with E-state index in [4.69, 9.17) is 27.9 Å². The van der Waals surface area contributed by atoms with E-state index in [-0.39, 0.29) is 18.5 Å². The first-order valence-corrected chi connectivity index (χ1v) is 13.7. The summed E-state index contributed by atoms with van der Waals surface area (Å²) in [5.74, 6) is -1.21. The normalized spacial score (nSPS) is 18.6. The summed E-state index contributed by atoms with van der Waals surface area (Å²) in [6.45, 7) is 6.47. The van der Waals surface area contributed by atoms with E-state index in [1.54, 1.807) is 41.0 Å². The van der Waals surface area contributed by atoms with E-state index in [1.807, 2.05) is 6.92 Å². The number of urea groups is 1. The summed E-state index contributed by atoms with van der Waals surface area (Å²) in [7, 11) is 0. The van der Waals surface area contributed by atoms with Gasteiger partial charge in [0.2, 0.25) is 0 Å². The van der Waals surface area contributed by atoms with Crippen molar-refractivity contribution in [3.8, 4) is 0 Å². The molecule has 3 amide bonds. The van der Waals surface area contributed by atoms with Gasteiger partial charge in [-0.15, -0.1) is 0 Å². The Bertz CT molecular complexity index is 1290. The number of nitrogens with one attached hydrogen (secondary N) is 1. The lowest BCUT2D eigenvalue weighted by Crippen LogP contribution is -2.51. The third-order valence-corrected chi connectivity index (χ3v) is 7.59. The van der Waals surface area contributed by atoms with Crippen LogP contribution in [-0.4, -0.2) is 78.5 Å². The number of esters is 1. The Hall–Kier alpha value is -3.14. The topological polar surface area (TPSA) is 82.2 Å². The molecule has 0 aromatic heterocycles. The Balaban J connectivity index is 1.64. The molecule has 0 aliphatic carbocycles. The molecule has 0 radical (unpaired) electrons. The number of benzene rings is 2. The van der Waals surface area contributed by atoms with Crippen molar-refractivity contribution in [3.63, 3.8) is 0 Å². The van der Waals surface area contributed by atoms with Crippen LogP contribution in [0.25, 0.3) is 0 Å². The molecule has 11 heteroatoms. The van der Waals surface area contributed by atoms with Gasteiger partial charge in [-0.1, -0.05) is 35.3 Å². The monoisotopic (exact) mass is 576 g/mol. The average Bonchev–Trinajstić information content (AvgIpc) is 3.15. The second kappa shape index (κ2) is 12.8. The van der Waals surface area contributed by atoms with Gasteiger partial charge in [0.15, 0.2) is 0 Å². The molecular formula is C28H31Cl2FN4O4. The lowest BCUT2D eigenvalue weighted by Gasteiger charge is -2.38. The number of carbonyl (C=O) groups excluding carboxylic acids is 3. The summed E-state index contributed by atoms with van der Waals surface area (Å²) >= 11 is 12.4. The fourth-order valence-electron chi connectivity index (χ4n) is 4.95. The van der Waals surface area contributed by atoms with Gasteiger partial charge in [0.05, 0.1) is 28.3 Å². The van der Waals surface area contributed by atoms with Crippen LogP contribution in [0.2, 0.25) is 10.0 Å². The Morgan fingerprint density at radius 1 is 1.05 bits per heavy atom. The molecule has 2 aliphatic rings. The summed E-state index contributed by atoms with van der Waals surface area (Å²) < 4.78 is 19.1. The van der Waals surface area contributed by atoms with Gasteiger partial charge in [-0.3, -0.25) is 14.6 Å². The minimum Gasteiger partial charge on any atom is -0.463 e. The quantitative estimate of drug-likeness (QED) is 0.475. The number of nitrogens with zero attached hydrogens (tertiary/aromatic N) is 3. The van der Waals surface area contributed by atoms with Crippen molar-refractivity contribution in [2.75, 3.05) is 45.9 Å². The van der Waals surface area contributed by atoms with Gasteiger partial charge in [0.25, 0.3) is 5.91 Å². The highest BCUT2D eigenvalue weighted by molar-refractivity contribution is 6.42. The van der Waals surface area contributed by atoms with Crippen molar-refractivity contribution in [2.45, 2.75) is 26.3 Å². The predicted molar refractivity (Wildman–Crippen MR) is 147 cm³/mol. The molecule has 208 valence electrons. The van der Waals surface area contributed by atoms with E-state index in [1.165, 1.54) is 18.2 Å². The lowest BCUT2D eigenvalue weighted by atomic mass is 9.94. The molecule has 2 heterocycles. The van der Waals surface area contributed by atoms with Crippen molar-refractivity contribution >= 4 is 41.1 Å². The van der Waals surface area contributed by atoms with E-state index >= 15 is 0 Å². The van der Waals surface area contributed by atoms with Crippen LogP contribution in [-0.2, 0) is 9.53 Å². The van der Waals surface area contributed by atoms with Crippen LogP contribution in [0.1, 0.15) is 42.2 Å². The Kier molecular flexibility index (Phi) is 9.48. The second-order valence-corrected chi connectivity index (χ2v) is 10.1. The maximum absolute atomic E-state index is 13.7. The maximum atomic E-state index is 13.7. The first kappa shape index (κ1) is 28.9. The third kappa shape index (κ3) is 6.54. The van der Waals surface area contributed by atoms with Crippen LogP contribution in [0.4, 0.5) is 9.18 Å². The van der Waals surface area contributed by atoms with Crippen LogP contribution in [0.3, 0.4) is 0 Å². The van der Waals surface area contributed by atoms with Gasteiger partial charge < -0.3 is 15.0 Å². The van der Waals surface area contributed by atoms with E-state index in [0.717, 1.165) is 0 Å². The van der Waals surface area contributed by atoms with Gasteiger partial charge in [-0.05, 0) is 56.2 Å². The van der Waals surface area contributed by atoms with E-state index in [2.05, 4.69) is 10.2 Å². The maximum Gasteiger partial charge on any atom is 0.338 e. The van der Waals surface area contributed by atoms with Gasteiger partial charge in [0, 0.05) is 50.5 Å². The van der Waals surface area contributed by atoms with Gasteiger partial charge >= 0.3 is 12.0 Å². The summed E-state index contributed by atoms with van der Waals surface area (Å²) in [6, 6.07) is 9.54.